The lowest BCUT2D eigenvalue weighted by atomic mass is 10.1. The highest BCUT2D eigenvalue weighted by Gasteiger charge is 2.20. The van der Waals surface area contributed by atoms with Crippen LogP contribution in [0, 0.1) is 11.3 Å². The van der Waals surface area contributed by atoms with E-state index in [0.29, 0.717) is 22.9 Å². The van der Waals surface area contributed by atoms with E-state index in [-0.39, 0.29) is 11.9 Å². The maximum Gasteiger partial charge on any atom is 0.260 e. The van der Waals surface area contributed by atoms with Gasteiger partial charge in [-0.3, -0.25) is 4.79 Å². The van der Waals surface area contributed by atoms with Crippen LogP contribution < -0.4 is 10.1 Å². The highest BCUT2D eigenvalue weighted by Crippen LogP contribution is 2.25. The van der Waals surface area contributed by atoms with Crippen molar-refractivity contribution in [1.29, 1.82) is 5.26 Å². The molecule has 0 unspecified atom stereocenters. The van der Waals surface area contributed by atoms with Crippen LogP contribution in [0.1, 0.15) is 24.1 Å². The topological polar surface area (TPSA) is 65.4 Å². The zero-order valence-corrected chi connectivity index (χ0v) is 15.8. The van der Waals surface area contributed by atoms with E-state index < -0.39 is 6.10 Å². The molecule has 136 valence electrons. The van der Waals surface area contributed by atoms with Gasteiger partial charge in [-0.1, -0.05) is 29.8 Å². The molecule has 5 nitrogen and oxygen atoms in total. The maximum atomic E-state index is 12.4. The SMILES string of the molecule is C[C@H](Oc1ccc(C#N)cc1)C(=O)NC[C@@H](c1ccccc1Cl)N(C)C. The molecule has 0 heterocycles. The van der Waals surface area contributed by atoms with Crippen molar-refractivity contribution in [3.63, 3.8) is 0 Å². The van der Waals surface area contributed by atoms with Gasteiger partial charge in [0.15, 0.2) is 6.10 Å². The fourth-order valence-corrected chi connectivity index (χ4v) is 2.78. The summed E-state index contributed by atoms with van der Waals surface area (Å²) in [5.74, 6) is 0.329. The Morgan fingerprint density at radius 1 is 1.23 bits per heavy atom. The number of carbonyl (C=O) groups is 1. The molecular formula is C20H22ClN3O2. The zero-order chi connectivity index (χ0) is 19.1. The smallest absolute Gasteiger partial charge is 0.260 e. The van der Waals surface area contributed by atoms with E-state index in [4.69, 9.17) is 21.6 Å². The number of halogens is 1. The number of nitrogens with zero attached hydrogens (tertiary/aromatic N) is 2. The quantitative estimate of drug-likeness (QED) is 0.810. The van der Waals surface area contributed by atoms with Gasteiger partial charge in [-0.05, 0) is 56.9 Å². The van der Waals surface area contributed by atoms with Gasteiger partial charge in [0.05, 0.1) is 17.7 Å². The highest BCUT2D eigenvalue weighted by molar-refractivity contribution is 6.31. The summed E-state index contributed by atoms with van der Waals surface area (Å²) in [4.78, 5) is 14.4. The van der Waals surface area contributed by atoms with E-state index in [2.05, 4.69) is 5.32 Å². The molecule has 1 amide bonds. The van der Waals surface area contributed by atoms with E-state index >= 15 is 0 Å². The molecule has 2 aromatic carbocycles. The molecule has 0 aliphatic rings. The van der Waals surface area contributed by atoms with Crippen molar-refractivity contribution in [3.05, 3.63) is 64.7 Å². The largest absolute Gasteiger partial charge is 0.481 e. The second-order valence-corrected chi connectivity index (χ2v) is 6.55. The maximum absolute atomic E-state index is 12.4. The van der Waals surface area contributed by atoms with Gasteiger partial charge in [0.25, 0.3) is 5.91 Å². The number of benzene rings is 2. The van der Waals surface area contributed by atoms with Crippen LogP contribution in [0.4, 0.5) is 0 Å². The second kappa shape index (κ2) is 9.23. The van der Waals surface area contributed by atoms with Gasteiger partial charge in [0, 0.05) is 11.6 Å². The van der Waals surface area contributed by atoms with E-state index in [1.165, 1.54) is 0 Å². The molecule has 2 atom stereocenters. The predicted molar refractivity (Wildman–Crippen MR) is 102 cm³/mol. The van der Waals surface area contributed by atoms with Crippen LogP contribution in [0.25, 0.3) is 0 Å². The van der Waals surface area contributed by atoms with Crippen molar-refractivity contribution in [3.8, 4) is 11.8 Å². The summed E-state index contributed by atoms with van der Waals surface area (Å²) < 4.78 is 5.64. The minimum atomic E-state index is -0.656. The van der Waals surface area contributed by atoms with Gasteiger partial charge >= 0.3 is 0 Å². The number of rotatable bonds is 7. The standard InChI is InChI=1S/C20H22ClN3O2/c1-14(26-16-10-8-15(12-22)9-11-16)20(25)23-13-19(24(2)3)17-6-4-5-7-18(17)21/h4-11,14,19H,13H2,1-3H3,(H,23,25)/t14-,19-/m0/s1. The van der Waals surface area contributed by atoms with Gasteiger partial charge in [-0.15, -0.1) is 0 Å². The fourth-order valence-electron chi connectivity index (χ4n) is 2.52. The number of carbonyl (C=O) groups excluding carboxylic acids is 1. The summed E-state index contributed by atoms with van der Waals surface area (Å²) in [6, 6.07) is 16.3. The molecule has 0 saturated carbocycles. The number of amides is 1. The molecule has 1 N–H and O–H groups in total. The van der Waals surface area contributed by atoms with E-state index in [1.807, 2.05) is 49.3 Å². The summed E-state index contributed by atoms with van der Waals surface area (Å²) in [5, 5.41) is 12.4. The van der Waals surface area contributed by atoms with Crippen LogP contribution in [0.3, 0.4) is 0 Å². The van der Waals surface area contributed by atoms with Gasteiger partial charge in [0.2, 0.25) is 0 Å². The Morgan fingerprint density at radius 3 is 2.46 bits per heavy atom. The first-order chi connectivity index (χ1) is 12.4. The summed E-state index contributed by atoms with van der Waals surface area (Å²) in [6.45, 7) is 2.10. The second-order valence-electron chi connectivity index (χ2n) is 6.14. The Labute approximate surface area is 159 Å². The molecule has 0 bridgehead atoms. The minimum Gasteiger partial charge on any atom is -0.481 e. The zero-order valence-electron chi connectivity index (χ0n) is 15.1. The van der Waals surface area contributed by atoms with Crippen molar-refractivity contribution in [2.45, 2.75) is 19.1 Å². The lowest BCUT2D eigenvalue weighted by molar-refractivity contribution is -0.127. The molecule has 6 heteroatoms. The molecule has 0 aromatic heterocycles. The van der Waals surface area contributed by atoms with Crippen LogP contribution in [0.5, 0.6) is 5.75 Å². The van der Waals surface area contributed by atoms with Crippen molar-refractivity contribution in [2.75, 3.05) is 20.6 Å². The summed E-state index contributed by atoms with van der Waals surface area (Å²) >= 11 is 6.29. The number of likely N-dealkylation sites (N-methyl/N-ethyl adjacent to an activating group) is 1. The molecular weight excluding hydrogens is 350 g/mol. The van der Waals surface area contributed by atoms with Crippen molar-refractivity contribution in [2.24, 2.45) is 0 Å². The van der Waals surface area contributed by atoms with E-state index in [9.17, 15) is 4.79 Å². The molecule has 26 heavy (non-hydrogen) atoms. The lowest BCUT2D eigenvalue weighted by Crippen LogP contribution is -2.41. The van der Waals surface area contributed by atoms with Crippen molar-refractivity contribution < 1.29 is 9.53 Å². The van der Waals surface area contributed by atoms with Crippen LogP contribution in [-0.4, -0.2) is 37.6 Å². The highest BCUT2D eigenvalue weighted by atomic mass is 35.5. The number of nitriles is 1. The number of hydrogen-bond donors (Lipinski definition) is 1. The Morgan fingerprint density at radius 2 is 1.88 bits per heavy atom. The predicted octanol–water partition coefficient (Wildman–Crippen LogP) is 3.40. The Balaban J connectivity index is 1.96. The first-order valence-corrected chi connectivity index (χ1v) is 8.65. The summed E-state index contributed by atoms with van der Waals surface area (Å²) in [6.07, 6.45) is -0.656. The van der Waals surface area contributed by atoms with E-state index in [0.717, 1.165) is 5.56 Å². The third-order valence-corrected chi connectivity index (χ3v) is 4.37. The monoisotopic (exact) mass is 371 g/mol. The van der Waals surface area contributed by atoms with Crippen LogP contribution in [0.2, 0.25) is 5.02 Å². The fraction of sp³-hybridized carbons (Fsp3) is 0.300. The molecule has 0 aliphatic carbocycles. The minimum absolute atomic E-state index is 0.0465. The average molecular weight is 372 g/mol. The van der Waals surface area contributed by atoms with E-state index in [1.54, 1.807) is 31.2 Å². The molecule has 2 aromatic rings. The average Bonchev–Trinajstić information content (AvgIpc) is 2.63. The van der Waals surface area contributed by atoms with Crippen molar-refractivity contribution in [1.82, 2.24) is 10.2 Å². The first kappa shape index (κ1) is 19.8. The molecule has 0 fully saturated rings. The van der Waals surface area contributed by atoms with Crippen LogP contribution in [0.15, 0.2) is 48.5 Å². The molecule has 2 rings (SSSR count). The number of nitrogens with one attached hydrogen (secondary N) is 1. The molecule has 0 saturated heterocycles. The molecule has 0 radical (unpaired) electrons. The van der Waals surface area contributed by atoms with Gasteiger partial charge in [-0.25, -0.2) is 0 Å². The summed E-state index contributed by atoms with van der Waals surface area (Å²) in [7, 11) is 3.88. The Bertz CT molecular complexity index is 784. The number of hydrogen-bond acceptors (Lipinski definition) is 4. The summed E-state index contributed by atoms with van der Waals surface area (Å²) in [5.41, 5.74) is 1.50. The van der Waals surface area contributed by atoms with Gasteiger partial charge in [0.1, 0.15) is 5.75 Å². The Hall–Kier alpha value is -2.55. The van der Waals surface area contributed by atoms with Crippen LogP contribution >= 0.6 is 11.6 Å². The van der Waals surface area contributed by atoms with Gasteiger partial charge < -0.3 is 15.0 Å². The van der Waals surface area contributed by atoms with Gasteiger partial charge in [-0.2, -0.15) is 5.26 Å². The van der Waals surface area contributed by atoms with Crippen LogP contribution in [-0.2, 0) is 4.79 Å². The lowest BCUT2D eigenvalue weighted by Gasteiger charge is -2.26. The normalized spacial score (nSPS) is 12.9. The Kier molecular flexibility index (Phi) is 7.02. The third-order valence-electron chi connectivity index (χ3n) is 4.02. The first-order valence-electron chi connectivity index (χ1n) is 8.27. The van der Waals surface area contributed by atoms with Crippen molar-refractivity contribution >= 4 is 17.5 Å². The number of ether oxygens (including phenoxy) is 1. The third kappa shape index (κ3) is 5.22. The molecule has 0 spiro atoms. The molecule has 0 aliphatic heterocycles.